The summed E-state index contributed by atoms with van der Waals surface area (Å²) in [6.45, 7) is 4.20. The van der Waals surface area contributed by atoms with Crippen molar-refractivity contribution in [1.29, 1.82) is 0 Å². The fourth-order valence-corrected chi connectivity index (χ4v) is 2.76. The Bertz CT molecular complexity index is 552. The fraction of sp³-hybridized carbons (Fsp3) is 0.562. The zero-order chi connectivity index (χ0) is 17.9. The van der Waals surface area contributed by atoms with Crippen molar-refractivity contribution in [2.45, 2.75) is 44.7 Å². The number of nitrogens with zero attached hydrogens (tertiary/aromatic N) is 1. The third kappa shape index (κ3) is 5.36. The second-order valence-electron chi connectivity index (χ2n) is 6.04. The Morgan fingerprint density at radius 1 is 1.25 bits per heavy atom. The first-order chi connectivity index (χ1) is 11.1. The molecule has 3 atom stereocenters. The molecule has 1 heterocycles. The van der Waals surface area contributed by atoms with Crippen LogP contribution in [0.25, 0.3) is 0 Å². The summed E-state index contributed by atoms with van der Waals surface area (Å²) in [7, 11) is 0. The average Bonchev–Trinajstić information content (AvgIpc) is 2.44. The molecule has 0 radical (unpaired) electrons. The number of hydrogen-bond acceptors (Lipinski definition) is 2. The molecule has 24 heavy (non-hydrogen) atoms. The molecule has 1 fully saturated rings. The maximum absolute atomic E-state index is 13.0. The smallest absolute Gasteiger partial charge is 0.372 e. The third-order valence-corrected chi connectivity index (χ3v) is 3.71. The van der Waals surface area contributed by atoms with E-state index in [4.69, 9.17) is 4.74 Å². The molecular formula is C16H20F4N2O2. The first-order valence-corrected chi connectivity index (χ1v) is 7.67. The number of rotatable bonds is 3. The van der Waals surface area contributed by atoms with Gasteiger partial charge >= 0.3 is 12.2 Å². The molecular weight excluding hydrogens is 328 g/mol. The predicted octanol–water partition coefficient (Wildman–Crippen LogP) is 3.64. The molecule has 0 saturated carbocycles. The van der Waals surface area contributed by atoms with Crippen molar-refractivity contribution in [2.75, 3.05) is 13.1 Å². The van der Waals surface area contributed by atoms with Gasteiger partial charge in [0.1, 0.15) is 5.82 Å². The molecule has 1 aromatic carbocycles. The SMILES string of the molecule is C[C@@H]1CN(C(=O)N[C@H](CC(F)(F)F)c2ccc(F)cc2)C[C@@H](C)O1. The van der Waals surface area contributed by atoms with Crippen LogP contribution in [0.15, 0.2) is 24.3 Å². The van der Waals surface area contributed by atoms with Crippen LogP contribution < -0.4 is 5.32 Å². The summed E-state index contributed by atoms with van der Waals surface area (Å²) in [6.07, 6.45) is -6.06. The normalized spacial score (nSPS) is 23.0. The number of halogens is 4. The first kappa shape index (κ1) is 18.5. The van der Waals surface area contributed by atoms with E-state index in [1.807, 2.05) is 0 Å². The third-order valence-electron chi connectivity index (χ3n) is 3.71. The van der Waals surface area contributed by atoms with Crippen LogP contribution in [0.4, 0.5) is 22.4 Å². The highest BCUT2D eigenvalue weighted by molar-refractivity contribution is 5.75. The van der Waals surface area contributed by atoms with E-state index in [1.165, 1.54) is 17.0 Å². The molecule has 0 aromatic heterocycles. The molecule has 0 bridgehead atoms. The lowest BCUT2D eigenvalue weighted by atomic mass is 10.0. The lowest BCUT2D eigenvalue weighted by Crippen LogP contribution is -2.52. The number of hydrogen-bond donors (Lipinski definition) is 1. The van der Waals surface area contributed by atoms with Crippen LogP contribution in [0, 0.1) is 5.82 Å². The van der Waals surface area contributed by atoms with Crippen molar-refractivity contribution >= 4 is 6.03 Å². The first-order valence-electron chi connectivity index (χ1n) is 7.67. The van der Waals surface area contributed by atoms with Crippen LogP contribution in [0.5, 0.6) is 0 Å². The summed E-state index contributed by atoms with van der Waals surface area (Å²) in [5.74, 6) is -0.549. The number of nitrogens with one attached hydrogen (secondary N) is 1. The molecule has 2 rings (SSSR count). The molecule has 134 valence electrons. The van der Waals surface area contributed by atoms with E-state index in [9.17, 15) is 22.4 Å². The van der Waals surface area contributed by atoms with Crippen molar-refractivity contribution in [1.82, 2.24) is 10.2 Å². The minimum Gasteiger partial charge on any atom is -0.372 e. The lowest BCUT2D eigenvalue weighted by molar-refractivity contribution is -0.140. The van der Waals surface area contributed by atoms with Gasteiger partial charge in [0.05, 0.1) is 24.7 Å². The van der Waals surface area contributed by atoms with E-state index < -0.39 is 30.5 Å². The number of carbonyl (C=O) groups excluding carboxylic acids is 1. The van der Waals surface area contributed by atoms with Crippen molar-refractivity contribution in [3.8, 4) is 0 Å². The zero-order valence-corrected chi connectivity index (χ0v) is 13.4. The van der Waals surface area contributed by atoms with Gasteiger partial charge in [0.15, 0.2) is 0 Å². The minimum absolute atomic E-state index is 0.189. The van der Waals surface area contributed by atoms with E-state index in [-0.39, 0.29) is 17.8 Å². The second kappa shape index (κ2) is 7.38. The van der Waals surface area contributed by atoms with Crippen LogP contribution in [-0.4, -0.2) is 42.4 Å². The molecule has 1 saturated heterocycles. The Labute approximate surface area is 137 Å². The zero-order valence-electron chi connectivity index (χ0n) is 13.4. The van der Waals surface area contributed by atoms with Gasteiger partial charge < -0.3 is 15.0 Å². The Morgan fingerprint density at radius 3 is 2.29 bits per heavy atom. The predicted molar refractivity (Wildman–Crippen MR) is 79.9 cm³/mol. The standard InChI is InChI=1S/C16H20F4N2O2/c1-10-8-22(9-11(2)24-10)15(23)21-14(7-16(18,19)20)12-3-5-13(17)6-4-12/h3-6,10-11,14H,7-9H2,1-2H3,(H,21,23)/t10-,11-,14-/m1/s1. The summed E-state index contributed by atoms with van der Waals surface area (Å²) in [5.41, 5.74) is 0.205. The van der Waals surface area contributed by atoms with Crippen molar-refractivity contribution in [2.24, 2.45) is 0 Å². The average molecular weight is 348 g/mol. The Morgan fingerprint density at radius 2 is 1.79 bits per heavy atom. The van der Waals surface area contributed by atoms with E-state index in [0.717, 1.165) is 12.1 Å². The summed E-state index contributed by atoms with van der Waals surface area (Å²) in [6, 6.07) is 2.78. The minimum atomic E-state index is -4.46. The van der Waals surface area contributed by atoms with Gasteiger partial charge in [0.2, 0.25) is 0 Å². The highest BCUT2D eigenvalue weighted by atomic mass is 19.4. The quantitative estimate of drug-likeness (QED) is 0.848. The van der Waals surface area contributed by atoms with Crippen LogP contribution in [-0.2, 0) is 4.74 Å². The number of benzene rings is 1. The topological polar surface area (TPSA) is 41.6 Å². The maximum atomic E-state index is 13.0. The van der Waals surface area contributed by atoms with Crippen molar-refractivity contribution in [3.63, 3.8) is 0 Å². The van der Waals surface area contributed by atoms with Crippen molar-refractivity contribution < 1.29 is 27.1 Å². The van der Waals surface area contributed by atoms with Crippen LogP contribution >= 0.6 is 0 Å². The fourth-order valence-electron chi connectivity index (χ4n) is 2.76. The van der Waals surface area contributed by atoms with Gasteiger partial charge in [-0.05, 0) is 31.5 Å². The number of morpholine rings is 1. The van der Waals surface area contributed by atoms with E-state index >= 15 is 0 Å². The van der Waals surface area contributed by atoms with Gasteiger partial charge in [-0.15, -0.1) is 0 Å². The Hall–Kier alpha value is -1.83. The molecule has 4 nitrogen and oxygen atoms in total. The highest BCUT2D eigenvalue weighted by Gasteiger charge is 2.35. The van der Waals surface area contributed by atoms with Gasteiger partial charge in [0, 0.05) is 13.1 Å². The highest BCUT2D eigenvalue weighted by Crippen LogP contribution is 2.30. The molecule has 1 aliphatic heterocycles. The van der Waals surface area contributed by atoms with E-state index in [2.05, 4.69) is 5.32 Å². The molecule has 8 heteroatoms. The molecule has 2 amide bonds. The molecule has 0 spiro atoms. The molecule has 1 N–H and O–H groups in total. The van der Waals surface area contributed by atoms with Gasteiger partial charge in [-0.25, -0.2) is 9.18 Å². The Kier molecular flexibility index (Phi) is 5.69. The molecule has 1 aliphatic rings. The van der Waals surface area contributed by atoms with E-state index in [1.54, 1.807) is 13.8 Å². The summed E-state index contributed by atoms with van der Waals surface area (Å²) < 4.78 is 57.0. The van der Waals surface area contributed by atoms with Gasteiger partial charge in [-0.2, -0.15) is 13.2 Å². The summed E-state index contributed by atoms with van der Waals surface area (Å²) in [5, 5.41) is 2.41. The van der Waals surface area contributed by atoms with Crippen LogP contribution in [0.3, 0.4) is 0 Å². The number of alkyl halides is 3. The number of urea groups is 1. The second-order valence-corrected chi connectivity index (χ2v) is 6.04. The lowest BCUT2D eigenvalue weighted by Gasteiger charge is -2.36. The van der Waals surface area contributed by atoms with Crippen LogP contribution in [0.1, 0.15) is 31.9 Å². The number of carbonyl (C=O) groups is 1. The van der Waals surface area contributed by atoms with Crippen molar-refractivity contribution in [3.05, 3.63) is 35.6 Å². The number of amides is 2. The van der Waals surface area contributed by atoms with Gasteiger partial charge in [-0.1, -0.05) is 12.1 Å². The summed E-state index contributed by atoms with van der Waals surface area (Å²) in [4.78, 5) is 13.8. The molecule has 0 unspecified atom stereocenters. The van der Waals surface area contributed by atoms with Gasteiger partial charge in [0.25, 0.3) is 0 Å². The van der Waals surface area contributed by atoms with E-state index in [0.29, 0.717) is 13.1 Å². The summed E-state index contributed by atoms with van der Waals surface area (Å²) >= 11 is 0. The Balaban J connectivity index is 2.12. The van der Waals surface area contributed by atoms with Crippen LogP contribution in [0.2, 0.25) is 0 Å². The monoisotopic (exact) mass is 348 g/mol. The largest absolute Gasteiger partial charge is 0.391 e. The molecule has 1 aromatic rings. The van der Waals surface area contributed by atoms with Gasteiger partial charge in [-0.3, -0.25) is 0 Å². The number of ether oxygens (including phenoxy) is 1. The maximum Gasteiger partial charge on any atom is 0.391 e. The molecule has 0 aliphatic carbocycles.